The van der Waals surface area contributed by atoms with Gasteiger partial charge < -0.3 is 19.8 Å². The molecule has 0 aliphatic carbocycles. The number of likely N-dealkylation sites (N-methyl/N-ethyl adjacent to an activating group) is 1. The van der Waals surface area contributed by atoms with E-state index in [1.165, 1.54) is 5.56 Å². The fraction of sp³-hybridized carbons (Fsp3) is 0.429. The van der Waals surface area contributed by atoms with Gasteiger partial charge in [-0.25, -0.2) is 0 Å². The number of hydrogen-bond donors (Lipinski definition) is 2. The molecular formula is C14H20N2O2. The monoisotopic (exact) mass is 248 g/mol. The quantitative estimate of drug-likeness (QED) is 0.771. The highest BCUT2D eigenvalue weighted by Crippen LogP contribution is 2.33. The summed E-state index contributed by atoms with van der Waals surface area (Å²) in [6.45, 7) is 4.08. The third kappa shape index (κ3) is 2.43. The molecule has 0 spiro atoms. The topological polar surface area (TPSA) is 46.3 Å². The smallest absolute Gasteiger partial charge is 0.132 e. The third-order valence-corrected chi connectivity index (χ3v) is 3.08. The minimum absolute atomic E-state index is 0.805. The summed E-state index contributed by atoms with van der Waals surface area (Å²) >= 11 is 0. The van der Waals surface area contributed by atoms with E-state index >= 15 is 0 Å². The van der Waals surface area contributed by atoms with Crippen molar-refractivity contribution in [3.8, 4) is 11.5 Å². The standard InChI is InChI=1S/C14H20N2O2/c1-4-15-6-5-10-9-16-12-7-11(17-2)8-13(18-3)14(10)12/h7-9,15-16H,4-6H2,1-3H3. The zero-order valence-corrected chi connectivity index (χ0v) is 11.2. The Morgan fingerprint density at radius 2 is 2.06 bits per heavy atom. The molecule has 0 fully saturated rings. The second-order valence-corrected chi connectivity index (χ2v) is 4.17. The number of fused-ring (bicyclic) bond motifs is 1. The van der Waals surface area contributed by atoms with Crippen molar-refractivity contribution >= 4 is 10.9 Å². The van der Waals surface area contributed by atoms with Crippen LogP contribution in [0.25, 0.3) is 10.9 Å². The molecule has 98 valence electrons. The average Bonchev–Trinajstić information content (AvgIpc) is 2.81. The number of rotatable bonds is 6. The molecule has 0 saturated heterocycles. The Hall–Kier alpha value is -1.68. The fourth-order valence-corrected chi connectivity index (χ4v) is 2.15. The maximum Gasteiger partial charge on any atom is 0.132 e. The van der Waals surface area contributed by atoms with Gasteiger partial charge in [0.05, 0.1) is 19.7 Å². The normalized spacial score (nSPS) is 10.8. The van der Waals surface area contributed by atoms with Crippen molar-refractivity contribution in [3.63, 3.8) is 0 Å². The molecule has 0 bridgehead atoms. The second kappa shape index (κ2) is 5.78. The molecule has 0 atom stereocenters. The first-order valence-electron chi connectivity index (χ1n) is 6.22. The number of H-pyrrole nitrogens is 1. The largest absolute Gasteiger partial charge is 0.497 e. The molecule has 2 N–H and O–H groups in total. The maximum absolute atomic E-state index is 5.45. The van der Waals surface area contributed by atoms with Crippen molar-refractivity contribution in [2.45, 2.75) is 13.3 Å². The van der Waals surface area contributed by atoms with Gasteiger partial charge in [0, 0.05) is 23.7 Å². The number of ether oxygens (including phenoxy) is 2. The van der Waals surface area contributed by atoms with Crippen LogP contribution >= 0.6 is 0 Å². The molecule has 0 radical (unpaired) electrons. The lowest BCUT2D eigenvalue weighted by Gasteiger charge is -2.08. The fourth-order valence-electron chi connectivity index (χ4n) is 2.15. The van der Waals surface area contributed by atoms with Crippen molar-refractivity contribution in [1.29, 1.82) is 0 Å². The van der Waals surface area contributed by atoms with Crippen molar-refractivity contribution in [2.75, 3.05) is 27.3 Å². The molecule has 0 unspecified atom stereocenters. The summed E-state index contributed by atoms with van der Waals surface area (Å²) in [5.41, 5.74) is 2.32. The molecule has 0 aliphatic heterocycles. The Morgan fingerprint density at radius 3 is 2.72 bits per heavy atom. The SMILES string of the molecule is CCNCCc1c[nH]c2cc(OC)cc(OC)c12. The molecular weight excluding hydrogens is 228 g/mol. The van der Waals surface area contributed by atoms with Gasteiger partial charge in [-0.1, -0.05) is 6.92 Å². The minimum atomic E-state index is 0.805. The molecule has 2 aromatic rings. The summed E-state index contributed by atoms with van der Waals surface area (Å²) in [6.07, 6.45) is 3.03. The predicted molar refractivity (Wildman–Crippen MR) is 73.7 cm³/mol. The van der Waals surface area contributed by atoms with Gasteiger partial charge in [-0.15, -0.1) is 0 Å². The van der Waals surface area contributed by atoms with Crippen LogP contribution in [0.1, 0.15) is 12.5 Å². The van der Waals surface area contributed by atoms with Crippen LogP contribution in [0, 0.1) is 0 Å². The first-order chi connectivity index (χ1) is 8.80. The highest BCUT2D eigenvalue weighted by atomic mass is 16.5. The van der Waals surface area contributed by atoms with Gasteiger partial charge >= 0.3 is 0 Å². The van der Waals surface area contributed by atoms with Crippen molar-refractivity contribution < 1.29 is 9.47 Å². The van der Waals surface area contributed by atoms with E-state index in [9.17, 15) is 0 Å². The number of nitrogens with one attached hydrogen (secondary N) is 2. The van der Waals surface area contributed by atoms with E-state index in [1.807, 2.05) is 18.3 Å². The lowest BCUT2D eigenvalue weighted by atomic mass is 10.1. The van der Waals surface area contributed by atoms with Gasteiger partial charge in [0.2, 0.25) is 0 Å². The molecule has 1 aromatic carbocycles. The Kier molecular flexibility index (Phi) is 4.10. The summed E-state index contributed by atoms with van der Waals surface area (Å²) in [4.78, 5) is 3.28. The maximum atomic E-state index is 5.45. The van der Waals surface area contributed by atoms with Gasteiger partial charge in [-0.3, -0.25) is 0 Å². The average molecular weight is 248 g/mol. The van der Waals surface area contributed by atoms with Crippen LogP contribution in [-0.2, 0) is 6.42 Å². The van der Waals surface area contributed by atoms with Crippen LogP contribution in [0.15, 0.2) is 18.3 Å². The lowest BCUT2D eigenvalue weighted by molar-refractivity contribution is 0.398. The van der Waals surface area contributed by atoms with E-state index in [1.54, 1.807) is 14.2 Å². The van der Waals surface area contributed by atoms with E-state index < -0.39 is 0 Å². The molecule has 2 rings (SSSR count). The Labute approximate surface area is 107 Å². The van der Waals surface area contributed by atoms with Crippen LogP contribution in [-0.4, -0.2) is 32.3 Å². The van der Waals surface area contributed by atoms with Crippen molar-refractivity contribution in [1.82, 2.24) is 10.3 Å². The van der Waals surface area contributed by atoms with Crippen LogP contribution in [0.4, 0.5) is 0 Å². The van der Waals surface area contributed by atoms with Gasteiger partial charge in [0.15, 0.2) is 0 Å². The van der Waals surface area contributed by atoms with Gasteiger partial charge in [0.25, 0.3) is 0 Å². The van der Waals surface area contributed by atoms with Crippen LogP contribution in [0.3, 0.4) is 0 Å². The Balaban J connectivity index is 2.37. The molecule has 0 aliphatic rings. The number of methoxy groups -OCH3 is 2. The van der Waals surface area contributed by atoms with E-state index in [0.29, 0.717) is 0 Å². The number of aromatic amines is 1. The van der Waals surface area contributed by atoms with Crippen molar-refractivity contribution in [3.05, 3.63) is 23.9 Å². The first-order valence-corrected chi connectivity index (χ1v) is 6.22. The number of benzene rings is 1. The molecule has 0 amide bonds. The summed E-state index contributed by atoms with van der Waals surface area (Å²) in [5, 5.41) is 4.48. The van der Waals surface area contributed by atoms with E-state index in [2.05, 4.69) is 17.2 Å². The van der Waals surface area contributed by atoms with Crippen LogP contribution in [0.5, 0.6) is 11.5 Å². The first kappa shape index (κ1) is 12.8. The van der Waals surface area contributed by atoms with Crippen LogP contribution in [0.2, 0.25) is 0 Å². The minimum Gasteiger partial charge on any atom is -0.497 e. The van der Waals surface area contributed by atoms with Gasteiger partial charge in [-0.05, 0) is 25.1 Å². The summed E-state index contributed by atoms with van der Waals surface area (Å²) < 4.78 is 10.7. The Morgan fingerprint density at radius 1 is 1.22 bits per heavy atom. The lowest BCUT2D eigenvalue weighted by Crippen LogP contribution is -2.15. The third-order valence-electron chi connectivity index (χ3n) is 3.08. The molecule has 1 aromatic heterocycles. The van der Waals surface area contributed by atoms with E-state index in [0.717, 1.165) is 41.9 Å². The highest BCUT2D eigenvalue weighted by Gasteiger charge is 2.11. The number of aromatic nitrogens is 1. The van der Waals surface area contributed by atoms with Gasteiger partial charge in [-0.2, -0.15) is 0 Å². The highest BCUT2D eigenvalue weighted by molar-refractivity contribution is 5.90. The van der Waals surface area contributed by atoms with Crippen LogP contribution < -0.4 is 14.8 Å². The number of hydrogen-bond acceptors (Lipinski definition) is 3. The zero-order valence-electron chi connectivity index (χ0n) is 11.2. The van der Waals surface area contributed by atoms with Gasteiger partial charge in [0.1, 0.15) is 11.5 Å². The second-order valence-electron chi connectivity index (χ2n) is 4.17. The zero-order chi connectivity index (χ0) is 13.0. The molecule has 0 saturated carbocycles. The molecule has 4 nitrogen and oxygen atoms in total. The molecule has 18 heavy (non-hydrogen) atoms. The molecule has 1 heterocycles. The summed E-state index contributed by atoms with van der Waals surface area (Å²) in [6, 6.07) is 3.92. The summed E-state index contributed by atoms with van der Waals surface area (Å²) in [5.74, 6) is 1.66. The van der Waals surface area contributed by atoms with E-state index in [4.69, 9.17) is 9.47 Å². The Bertz CT molecular complexity index is 520. The van der Waals surface area contributed by atoms with E-state index in [-0.39, 0.29) is 0 Å². The summed E-state index contributed by atoms with van der Waals surface area (Å²) in [7, 11) is 3.35. The van der Waals surface area contributed by atoms with Crippen molar-refractivity contribution in [2.24, 2.45) is 0 Å². The molecule has 4 heteroatoms. The predicted octanol–water partition coefficient (Wildman–Crippen LogP) is 2.34.